The van der Waals surface area contributed by atoms with E-state index in [-0.39, 0.29) is 55.3 Å². The van der Waals surface area contributed by atoms with Crippen molar-refractivity contribution in [1.29, 1.82) is 0 Å². The first-order chi connectivity index (χ1) is 25.4. The third-order valence-corrected chi connectivity index (χ3v) is 11.2. The number of benzene rings is 1. The Morgan fingerprint density at radius 1 is 1.00 bits per heavy atom. The SMILES string of the molecule is CCC(=O)N[C@@H](C(=O)N1CCN(C)CC1)C1(c2ccc(NC(=O)[C@@H](CCC(=O)c3ccnn3CCC(O)C(F)(F)F)C3CCC(F)(F)CC3)c(F)c2)CC1. The van der Waals surface area contributed by atoms with Crippen molar-refractivity contribution in [1.82, 2.24) is 24.9 Å². The molecule has 1 aromatic carbocycles. The lowest BCUT2D eigenvalue weighted by molar-refractivity contribution is -0.206. The van der Waals surface area contributed by atoms with E-state index in [9.17, 15) is 46.2 Å². The normalized spacial score (nSPS) is 20.5. The molecule has 54 heavy (non-hydrogen) atoms. The van der Waals surface area contributed by atoms with Gasteiger partial charge in [0.1, 0.15) is 17.6 Å². The van der Waals surface area contributed by atoms with Crippen LogP contribution in [-0.4, -0.2) is 106 Å². The molecule has 1 unspecified atom stereocenters. The second kappa shape index (κ2) is 16.8. The number of halogens is 6. The molecule has 1 aliphatic heterocycles. The number of carbonyl (C=O) groups is 4. The Balaban J connectivity index is 1.31. The van der Waals surface area contributed by atoms with Crippen molar-refractivity contribution in [2.75, 3.05) is 38.5 Å². The number of hydrogen-bond acceptors (Lipinski definition) is 7. The summed E-state index contributed by atoms with van der Waals surface area (Å²) >= 11 is 0. The predicted molar refractivity (Wildman–Crippen MR) is 185 cm³/mol. The lowest BCUT2D eigenvalue weighted by atomic mass is 9.76. The number of aliphatic hydroxyl groups is 1. The molecule has 5 rings (SSSR count). The van der Waals surface area contributed by atoms with E-state index in [4.69, 9.17) is 0 Å². The van der Waals surface area contributed by atoms with E-state index in [0.717, 1.165) is 4.68 Å². The zero-order valence-electron chi connectivity index (χ0n) is 30.4. The summed E-state index contributed by atoms with van der Waals surface area (Å²) < 4.78 is 83.5. The summed E-state index contributed by atoms with van der Waals surface area (Å²) in [6, 6.07) is 4.60. The number of nitrogens with zero attached hydrogens (tertiary/aromatic N) is 4. The van der Waals surface area contributed by atoms with Gasteiger partial charge in [0.15, 0.2) is 11.9 Å². The number of nitrogens with one attached hydrogen (secondary N) is 2. The summed E-state index contributed by atoms with van der Waals surface area (Å²) in [5.74, 6) is -7.00. The molecule has 2 saturated carbocycles. The minimum Gasteiger partial charge on any atom is -0.384 e. The molecule has 3 atom stereocenters. The lowest BCUT2D eigenvalue weighted by Gasteiger charge is -2.37. The molecule has 0 radical (unpaired) electrons. The molecule has 2 aromatic rings. The predicted octanol–water partition coefficient (Wildman–Crippen LogP) is 5.08. The van der Waals surface area contributed by atoms with Crippen LogP contribution in [0.1, 0.15) is 87.2 Å². The maximum Gasteiger partial charge on any atom is 0.414 e. The maximum absolute atomic E-state index is 15.9. The molecule has 298 valence electrons. The van der Waals surface area contributed by atoms with E-state index in [2.05, 4.69) is 20.6 Å². The van der Waals surface area contributed by atoms with E-state index in [1.807, 2.05) is 7.05 Å². The monoisotopic (exact) mass is 770 g/mol. The van der Waals surface area contributed by atoms with Crippen molar-refractivity contribution in [3.63, 3.8) is 0 Å². The first-order valence-corrected chi connectivity index (χ1v) is 18.5. The third-order valence-electron chi connectivity index (χ3n) is 11.2. The van der Waals surface area contributed by atoms with Gasteiger partial charge >= 0.3 is 6.18 Å². The number of alkyl halides is 5. The Morgan fingerprint density at radius 3 is 2.26 bits per heavy atom. The zero-order chi connectivity index (χ0) is 39.4. The minimum atomic E-state index is -4.84. The highest BCUT2D eigenvalue weighted by molar-refractivity contribution is 5.96. The van der Waals surface area contributed by atoms with Gasteiger partial charge in [0.05, 0.1) is 5.69 Å². The van der Waals surface area contributed by atoms with Crippen molar-refractivity contribution in [2.45, 2.75) is 107 Å². The van der Waals surface area contributed by atoms with Gasteiger partial charge in [-0.05, 0) is 68.8 Å². The Bertz CT molecular complexity index is 1660. The van der Waals surface area contributed by atoms with Crippen molar-refractivity contribution < 1.29 is 50.6 Å². The Hall–Kier alpha value is -3.99. The van der Waals surface area contributed by atoms with Crippen LogP contribution in [0.4, 0.5) is 32.0 Å². The second-order valence-electron chi connectivity index (χ2n) is 14.9. The number of rotatable bonds is 15. The largest absolute Gasteiger partial charge is 0.414 e. The fourth-order valence-electron chi connectivity index (χ4n) is 7.56. The van der Waals surface area contributed by atoms with Crippen molar-refractivity contribution in [3.8, 4) is 0 Å². The lowest BCUT2D eigenvalue weighted by Crippen LogP contribution is -2.58. The molecule has 3 amide bonds. The number of likely N-dealkylation sites (N-methyl/N-ethyl adjacent to an activating group) is 1. The molecule has 0 bridgehead atoms. The maximum atomic E-state index is 15.9. The van der Waals surface area contributed by atoms with Gasteiger partial charge in [0.25, 0.3) is 0 Å². The number of ketones is 1. The highest BCUT2D eigenvalue weighted by Crippen LogP contribution is 2.52. The van der Waals surface area contributed by atoms with Crippen LogP contribution >= 0.6 is 0 Å². The summed E-state index contributed by atoms with van der Waals surface area (Å²) in [4.78, 5) is 57.2. The van der Waals surface area contributed by atoms with Crippen LogP contribution in [0.3, 0.4) is 0 Å². The number of aryl methyl sites for hydroxylation is 1. The van der Waals surface area contributed by atoms with Crippen LogP contribution in [0.25, 0.3) is 0 Å². The number of Topliss-reactive ketones (excluding diaryl/α,β-unsaturated/α-hetero) is 1. The van der Waals surface area contributed by atoms with Gasteiger partial charge in [-0.3, -0.25) is 23.9 Å². The molecule has 1 aromatic heterocycles. The van der Waals surface area contributed by atoms with Gasteiger partial charge in [-0.1, -0.05) is 13.0 Å². The van der Waals surface area contributed by atoms with Crippen LogP contribution in [-0.2, 0) is 26.3 Å². The average molecular weight is 771 g/mol. The van der Waals surface area contributed by atoms with Gasteiger partial charge in [-0.25, -0.2) is 13.2 Å². The molecule has 0 spiro atoms. The molecule has 2 aliphatic carbocycles. The number of anilines is 1. The molecule has 2 heterocycles. The number of aromatic nitrogens is 2. The zero-order valence-corrected chi connectivity index (χ0v) is 30.4. The highest BCUT2D eigenvalue weighted by atomic mass is 19.4. The fraction of sp³-hybridized carbons (Fsp3) is 0.649. The van der Waals surface area contributed by atoms with Gasteiger partial charge in [0.2, 0.25) is 23.6 Å². The van der Waals surface area contributed by atoms with Gasteiger partial charge < -0.3 is 25.5 Å². The number of carbonyl (C=O) groups excluding carboxylic acids is 4. The van der Waals surface area contributed by atoms with E-state index in [1.54, 1.807) is 17.9 Å². The highest BCUT2D eigenvalue weighted by Gasteiger charge is 2.55. The summed E-state index contributed by atoms with van der Waals surface area (Å²) in [6.07, 6.45) is -7.08. The molecule has 3 aliphatic rings. The Morgan fingerprint density at radius 2 is 1.67 bits per heavy atom. The fourth-order valence-corrected chi connectivity index (χ4v) is 7.56. The van der Waals surface area contributed by atoms with Crippen LogP contribution in [0.5, 0.6) is 0 Å². The summed E-state index contributed by atoms with van der Waals surface area (Å²) in [6.45, 7) is 3.61. The van der Waals surface area contributed by atoms with Crippen molar-refractivity contribution in [2.24, 2.45) is 11.8 Å². The molecule has 1 saturated heterocycles. The van der Waals surface area contributed by atoms with E-state index in [0.29, 0.717) is 44.6 Å². The van der Waals surface area contributed by atoms with Crippen LogP contribution in [0.15, 0.2) is 30.5 Å². The topological polar surface area (TPSA) is 137 Å². The molecule has 3 N–H and O–H groups in total. The van der Waals surface area contributed by atoms with Crippen LogP contribution in [0.2, 0.25) is 0 Å². The molecule has 17 heteroatoms. The van der Waals surface area contributed by atoms with Crippen LogP contribution < -0.4 is 10.6 Å². The number of amides is 3. The first-order valence-electron chi connectivity index (χ1n) is 18.5. The number of hydrogen-bond donors (Lipinski definition) is 3. The first kappa shape index (κ1) is 41.2. The quantitative estimate of drug-likeness (QED) is 0.170. The third kappa shape index (κ3) is 9.81. The summed E-state index contributed by atoms with van der Waals surface area (Å²) in [7, 11) is 1.96. The Labute approximate surface area is 309 Å². The van der Waals surface area contributed by atoms with Crippen molar-refractivity contribution in [3.05, 3.63) is 47.5 Å². The van der Waals surface area contributed by atoms with Gasteiger partial charge in [-0.15, -0.1) is 0 Å². The number of piperazine rings is 1. The van der Waals surface area contributed by atoms with E-state index < -0.39 is 84.8 Å². The van der Waals surface area contributed by atoms with Crippen LogP contribution in [0, 0.1) is 17.7 Å². The Kier molecular flexibility index (Phi) is 12.8. The van der Waals surface area contributed by atoms with Crippen molar-refractivity contribution >= 4 is 29.2 Å². The summed E-state index contributed by atoms with van der Waals surface area (Å²) in [5, 5.41) is 18.7. The van der Waals surface area contributed by atoms with Gasteiger partial charge in [0, 0.05) is 82.4 Å². The number of aliphatic hydroxyl groups excluding tert-OH is 1. The van der Waals surface area contributed by atoms with E-state index >= 15 is 4.39 Å². The standard InChI is InChI=1S/C37H48F6N6O5/c1-3-31(52)46-32(34(54)48-20-18-47(2)19-21-48)35(14-15-35)24-4-6-27(26(38)22-24)45-33(53)25(23-8-12-36(39,40)13-9-23)5-7-29(50)28-10-16-44-49(28)17-11-30(51)37(41,42)43/h4,6,10,16,22-23,25,30,32,51H,3,5,7-9,11-15,17-21H2,1-2H3,(H,45,53)(H,46,52)/t25-,30?,32-/m0/s1. The molecular weight excluding hydrogens is 722 g/mol. The second-order valence-corrected chi connectivity index (χ2v) is 14.9. The smallest absolute Gasteiger partial charge is 0.384 e. The van der Waals surface area contributed by atoms with Gasteiger partial charge in [-0.2, -0.15) is 18.3 Å². The van der Waals surface area contributed by atoms with E-state index in [1.165, 1.54) is 24.4 Å². The summed E-state index contributed by atoms with van der Waals surface area (Å²) in [5.41, 5.74) is -0.577. The molecular formula is C37H48F6N6O5. The molecule has 3 fully saturated rings. The molecule has 11 nitrogen and oxygen atoms in total. The average Bonchev–Trinajstić information content (AvgIpc) is 3.79. The minimum absolute atomic E-state index is 0.0112.